The molecule has 10 heteroatoms. The van der Waals surface area contributed by atoms with E-state index in [9.17, 15) is 10.1 Å². The minimum Gasteiger partial charge on any atom is -0.324 e. The minimum absolute atomic E-state index is 0.0833. The normalized spacial score (nSPS) is 11.7. The number of rotatable bonds is 10. The molecule has 3 heterocycles. The van der Waals surface area contributed by atoms with Gasteiger partial charge in [-0.3, -0.25) is 10.1 Å². The number of nitro groups is 1. The highest BCUT2D eigenvalue weighted by atomic mass is 32.1. The SMILES string of the molecule is CCCCc1ncc(/C=C(/Cc2cccs2)c2nn[nH]n2)n1Cc1cccc([N+](=O)[O-])c1. The van der Waals surface area contributed by atoms with E-state index in [0.717, 1.165) is 41.9 Å². The summed E-state index contributed by atoms with van der Waals surface area (Å²) in [4.78, 5) is 16.7. The Balaban J connectivity index is 1.73. The Morgan fingerprint density at radius 3 is 2.94 bits per heavy atom. The van der Waals surface area contributed by atoms with Crippen LogP contribution in [0, 0.1) is 10.1 Å². The first kappa shape index (κ1) is 21.6. The van der Waals surface area contributed by atoms with E-state index in [1.165, 1.54) is 10.9 Å². The molecule has 0 aliphatic carbocycles. The summed E-state index contributed by atoms with van der Waals surface area (Å²) < 4.78 is 2.11. The number of aromatic amines is 1. The van der Waals surface area contributed by atoms with Crippen molar-refractivity contribution in [2.24, 2.45) is 0 Å². The van der Waals surface area contributed by atoms with Gasteiger partial charge in [-0.1, -0.05) is 31.5 Å². The summed E-state index contributed by atoms with van der Waals surface area (Å²) in [5.41, 5.74) is 2.76. The lowest BCUT2D eigenvalue weighted by atomic mass is 10.1. The van der Waals surface area contributed by atoms with Crippen molar-refractivity contribution in [3.05, 3.63) is 85.9 Å². The fourth-order valence-corrected chi connectivity index (χ4v) is 4.21. The molecule has 32 heavy (non-hydrogen) atoms. The molecule has 1 N–H and O–H groups in total. The molecule has 4 rings (SSSR count). The van der Waals surface area contributed by atoms with E-state index in [-0.39, 0.29) is 10.6 Å². The highest BCUT2D eigenvalue weighted by Crippen LogP contribution is 2.24. The van der Waals surface area contributed by atoms with Crippen LogP contribution < -0.4 is 0 Å². The van der Waals surface area contributed by atoms with Crippen LogP contribution in [0.3, 0.4) is 0 Å². The highest BCUT2D eigenvalue weighted by molar-refractivity contribution is 7.10. The monoisotopic (exact) mass is 449 g/mol. The van der Waals surface area contributed by atoms with Crippen LogP contribution in [0.25, 0.3) is 11.6 Å². The van der Waals surface area contributed by atoms with Gasteiger partial charge in [0.25, 0.3) is 5.69 Å². The molecule has 0 fully saturated rings. The van der Waals surface area contributed by atoms with Crippen LogP contribution in [0.1, 0.15) is 47.5 Å². The van der Waals surface area contributed by atoms with Crippen molar-refractivity contribution in [1.82, 2.24) is 30.2 Å². The predicted molar refractivity (Wildman–Crippen MR) is 123 cm³/mol. The van der Waals surface area contributed by atoms with Gasteiger partial charge in [0, 0.05) is 42.0 Å². The number of benzene rings is 1. The van der Waals surface area contributed by atoms with Gasteiger partial charge in [0.05, 0.1) is 16.8 Å². The minimum atomic E-state index is -0.369. The zero-order valence-electron chi connectivity index (χ0n) is 17.6. The van der Waals surface area contributed by atoms with Gasteiger partial charge >= 0.3 is 0 Å². The Hall–Kier alpha value is -3.66. The Labute approximate surface area is 189 Å². The van der Waals surface area contributed by atoms with Crippen molar-refractivity contribution in [1.29, 1.82) is 0 Å². The lowest BCUT2D eigenvalue weighted by Gasteiger charge is -2.11. The van der Waals surface area contributed by atoms with Gasteiger partial charge < -0.3 is 4.57 Å². The van der Waals surface area contributed by atoms with Gasteiger partial charge in [-0.15, -0.1) is 21.5 Å². The molecule has 3 aromatic heterocycles. The Kier molecular flexibility index (Phi) is 6.81. The summed E-state index contributed by atoms with van der Waals surface area (Å²) in [6.45, 7) is 2.63. The molecule has 4 aromatic rings. The first-order valence-corrected chi connectivity index (χ1v) is 11.3. The van der Waals surface area contributed by atoms with E-state index in [1.807, 2.05) is 29.8 Å². The van der Waals surface area contributed by atoms with Crippen LogP contribution in [0.15, 0.2) is 48.0 Å². The van der Waals surface area contributed by atoms with E-state index < -0.39 is 0 Å². The quantitative estimate of drug-likeness (QED) is 0.281. The number of aryl methyl sites for hydroxylation is 1. The van der Waals surface area contributed by atoms with Crippen LogP contribution in [0.5, 0.6) is 0 Å². The second-order valence-corrected chi connectivity index (χ2v) is 8.41. The molecule has 1 aromatic carbocycles. The van der Waals surface area contributed by atoms with Gasteiger partial charge in [-0.2, -0.15) is 5.21 Å². The molecule has 0 radical (unpaired) electrons. The number of tetrazole rings is 1. The Bertz CT molecular complexity index is 1200. The average Bonchev–Trinajstić information content (AvgIpc) is 3.56. The number of nitro benzene ring substituents is 1. The van der Waals surface area contributed by atoms with Gasteiger partial charge in [0.15, 0.2) is 0 Å². The van der Waals surface area contributed by atoms with Crippen molar-refractivity contribution in [3.8, 4) is 0 Å². The van der Waals surface area contributed by atoms with Crippen LogP contribution in [-0.2, 0) is 19.4 Å². The van der Waals surface area contributed by atoms with Crippen molar-refractivity contribution in [3.63, 3.8) is 0 Å². The Morgan fingerprint density at radius 2 is 2.22 bits per heavy atom. The van der Waals surface area contributed by atoms with E-state index >= 15 is 0 Å². The van der Waals surface area contributed by atoms with E-state index in [4.69, 9.17) is 0 Å². The standard InChI is InChI=1S/C22H23N7O2S/c1-2-3-9-21-23-14-19(28(21)15-16-6-4-7-18(11-16)29(30)31)12-17(22-24-26-27-25-22)13-20-8-5-10-32-20/h4-8,10-12,14H,2-3,9,13,15H2,1H3,(H,24,25,26,27)/b17-12-. The number of aromatic nitrogens is 6. The summed E-state index contributed by atoms with van der Waals surface area (Å²) in [5, 5.41) is 27.9. The third-order valence-electron chi connectivity index (χ3n) is 5.08. The topological polar surface area (TPSA) is 115 Å². The number of H-pyrrole nitrogens is 1. The summed E-state index contributed by atoms with van der Waals surface area (Å²) in [5.74, 6) is 1.49. The fraction of sp³-hybridized carbons (Fsp3) is 0.273. The first-order valence-electron chi connectivity index (χ1n) is 10.4. The molecule has 0 aliphatic heterocycles. The zero-order valence-corrected chi connectivity index (χ0v) is 18.5. The summed E-state index contributed by atoms with van der Waals surface area (Å²) in [6.07, 6.45) is 7.45. The van der Waals surface area contributed by atoms with Crippen molar-refractivity contribution < 1.29 is 4.92 Å². The molecular formula is C22H23N7O2S. The van der Waals surface area contributed by atoms with E-state index in [2.05, 4.69) is 43.2 Å². The third-order valence-corrected chi connectivity index (χ3v) is 5.96. The second-order valence-electron chi connectivity index (χ2n) is 7.38. The largest absolute Gasteiger partial charge is 0.324 e. The van der Waals surface area contributed by atoms with Crippen LogP contribution in [0.4, 0.5) is 5.69 Å². The number of non-ortho nitro benzene ring substituents is 1. The first-order chi connectivity index (χ1) is 15.6. The number of nitrogens with zero attached hydrogens (tertiary/aromatic N) is 6. The van der Waals surface area contributed by atoms with Gasteiger partial charge in [-0.25, -0.2) is 4.98 Å². The lowest BCUT2D eigenvalue weighted by Crippen LogP contribution is -2.08. The fourth-order valence-electron chi connectivity index (χ4n) is 3.48. The van der Waals surface area contributed by atoms with Gasteiger partial charge in [-0.05, 0) is 34.7 Å². The lowest BCUT2D eigenvalue weighted by molar-refractivity contribution is -0.384. The van der Waals surface area contributed by atoms with Crippen LogP contribution in [0.2, 0.25) is 0 Å². The number of hydrogen-bond acceptors (Lipinski definition) is 7. The number of imidazole rings is 1. The molecule has 0 spiro atoms. The number of thiophene rings is 1. The number of allylic oxidation sites excluding steroid dienone is 1. The number of unbranched alkanes of at least 4 members (excludes halogenated alkanes) is 1. The number of hydrogen-bond donors (Lipinski definition) is 1. The van der Waals surface area contributed by atoms with Crippen molar-refractivity contribution >= 4 is 28.7 Å². The van der Waals surface area contributed by atoms with Crippen LogP contribution in [-0.4, -0.2) is 35.1 Å². The molecule has 9 nitrogen and oxygen atoms in total. The van der Waals surface area contributed by atoms with Gasteiger partial charge in [0.1, 0.15) is 5.82 Å². The summed E-state index contributed by atoms with van der Waals surface area (Å²) in [6, 6.07) is 10.8. The van der Waals surface area contributed by atoms with Crippen molar-refractivity contribution in [2.45, 2.75) is 39.2 Å². The molecule has 0 saturated carbocycles. The maximum atomic E-state index is 11.2. The summed E-state index contributed by atoms with van der Waals surface area (Å²) >= 11 is 1.67. The highest BCUT2D eigenvalue weighted by Gasteiger charge is 2.15. The van der Waals surface area contributed by atoms with Crippen LogP contribution >= 0.6 is 11.3 Å². The molecule has 0 atom stereocenters. The maximum absolute atomic E-state index is 11.2. The molecule has 164 valence electrons. The van der Waals surface area contributed by atoms with E-state index in [0.29, 0.717) is 18.8 Å². The third kappa shape index (κ3) is 5.14. The molecule has 0 aliphatic rings. The molecule has 0 unspecified atom stereocenters. The van der Waals surface area contributed by atoms with Crippen molar-refractivity contribution in [2.75, 3.05) is 0 Å². The molecule has 0 bridgehead atoms. The zero-order chi connectivity index (χ0) is 22.3. The molecule has 0 saturated heterocycles. The maximum Gasteiger partial charge on any atom is 0.269 e. The average molecular weight is 450 g/mol. The smallest absolute Gasteiger partial charge is 0.269 e. The number of nitrogens with one attached hydrogen (secondary N) is 1. The summed E-state index contributed by atoms with van der Waals surface area (Å²) in [7, 11) is 0. The second kappa shape index (κ2) is 10.1. The predicted octanol–water partition coefficient (Wildman–Crippen LogP) is 4.54. The Morgan fingerprint density at radius 1 is 1.31 bits per heavy atom. The van der Waals surface area contributed by atoms with Gasteiger partial charge in [0.2, 0.25) is 5.82 Å². The molecule has 0 amide bonds. The van der Waals surface area contributed by atoms with E-state index in [1.54, 1.807) is 23.5 Å². The molecular weight excluding hydrogens is 426 g/mol.